The van der Waals surface area contributed by atoms with E-state index in [4.69, 9.17) is 11.5 Å². The maximum atomic E-state index is 14.8. The zero-order chi connectivity index (χ0) is 24.4. The standard InChI is InChI=1S/C26H26FN7O/c27-21-11-20(24(29)35)25(34-26(21)33-23-4-2-1-3-22(23)28)32-19-10-18(13-31-14-19)15-5-6-17-12-30-8-7-16(17)9-15/h5-14,22-23H,1-4,28H2,(H2,29,35)(H2,32,33,34)/t22?,23-/m1/s1. The number of hydrogen-bond acceptors (Lipinski definition) is 7. The molecule has 35 heavy (non-hydrogen) atoms. The summed E-state index contributed by atoms with van der Waals surface area (Å²) in [7, 11) is 0. The van der Waals surface area contributed by atoms with Crippen LogP contribution >= 0.6 is 0 Å². The summed E-state index contributed by atoms with van der Waals surface area (Å²) in [4.78, 5) is 24.9. The Morgan fingerprint density at radius 2 is 1.80 bits per heavy atom. The Labute approximate surface area is 202 Å². The van der Waals surface area contributed by atoms with Crippen molar-refractivity contribution in [3.8, 4) is 11.1 Å². The summed E-state index contributed by atoms with van der Waals surface area (Å²) in [6.45, 7) is 0. The second-order valence-corrected chi connectivity index (χ2v) is 8.80. The molecule has 0 aliphatic heterocycles. The molecule has 178 valence electrons. The van der Waals surface area contributed by atoms with Crippen molar-refractivity contribution >= 4 is 34.0 Å². The van der Waals surface area contributed by atoms with Gasteiger partial charge < -0.3 is 22.1 Å². The van der Waals surface area contributed by atoms with Crippen LogP contribution in [-0.2, 0) is 0 Å². The van der Waals surface area contributed by atoms with Crippen molar-refractivity contribution in [3.05, 3.63) is 72.6 Å². The highest BCUT2D eigenvalue weighted by atomic mass is 19.1. The Hall–Kier alpha value is -4.11. The number of rotatable bonds is 6. The van der Waals surface area contributed by atoms with Gasteiger partial charge in [-0.3, -0.25) is 14.8 Å². The summed E-state index contributed by atoms with van der Waals surface area (Å²) in [6.07, 6.45) is 10.7. The minimum absolute atomic E-state index is 0.0344. The van der Waals surface area contributed by atoms with E-state index >= 15 is 0 Å². The van der Waals surface area contributed by atoms with Gasteiger partial charge in [-0.2, -0.15) is 0 Å². The Balaban J connectivity index is 1.46. The fourth-order valence-corrected chi connectivity index (χ4v) is 4.45. The van der Waals surface area contributed by atoms with E-state index in [1.165, 1.54) is 0 Å². The maximum Gasteiger partial charge on any atom is 0.252 e. The number of carbonyl (C=O) groups is 1. The average Bonchev–Trinajstić information content (AvgIpc) is 2.87. The number of aromatic nitrogens is 3. The minimum atomic E-state index is -0.785. The van der Waals surface area contributed by atoms with E-state index in [9.17, 15) is 9.18 Å². The molecular weight excluding hydrogens is 445 g/mol. The zero-order valence-corrected chi connectivity index (χ0v) is 19.0. The third-order valence-corrected chi connectivity index (χ3v) is 6.36. The average molecular weight is 472 g/mol. The second kappa shape index (κ2) is 9.63. The van der Waals surface area contributed by atoms with Crippen molar-refractivity contribution in [2.75, 3.05) is 10.6 Å². The molecule has 5 rings (SSSR count). The number of nitrogens with two attached hydrogens (primary N) is 2. The van der Waals surface area contributed by atoms with Crippen LogP contribution in [0.5, 0.6) is 0 Å². The van der Waals surface area contributed by atoms with Gasteiger partial charge in [0, 0.05) is 41.6 Å². The molecule has 0 spiro atoms. The molecule has 1 fully saturated rings. The molecule has 2 atom stereocenters. The summed E-state index contributed by atoms with van der Waals surface area (Å²) < 4.78 is 14.8. The Bertz CT molecular complexity index is 1390. The lowest BCUT2D eigenvalue weighted by atomic mass is 9.91. The molecule has 3 heterocycles. The van der Waals surface area contributed by atoms with E-state index in [1.807, 2.05) is 30.5 Å². The highest BCUT2D eigenvalue weighted by molar-refractivity contribution is 5.98. The van der Waals surface area contributed by atoms with Gasteiger partial charge in [-0.25, -0.2) is 9.37 Å². The molecule has 9 heteroatoms. The van der Waals surface area contributed by atoms with Crippen LogP contribution in [0.2, 0.25) is 0 Å². The molecule has 1 unspecified atom stereocenters. The molecule has 1 saturated carbocycles. The van der Waals surface area contributed by atoms with E-state index in [2.05, 4.69) is 31.7 Å². The largest absolute Gasteiger partial charge is 0.365 e. The van der Waals surface area contributed by atoms with Crippen LogP contribution in [-0.4, -0.2) is 32.9 Å². The van der Waals surface area contributed by atoms with Crippen molar-refractivity contribution in [1.82, 2.24) is 15.0 Å². The summed E-state index contributed by atoms with van der Waals surface area (Å²) >= 11 is 0. The zero-order valence-electron chi connectivity index (χ0n) is 19.0. The molecule has 6 N–H and O–H groups in total. The fraction of sp³-hybridized carbons (Fsp3) is 0.231. The SMILES string of the molecule is NC(=O)c1cc(F)c(N[C@@H]2CCCCC2N)nc1Nc1cncc(-c2ccc3cnccc3c2)c1. The molecule has 3 aromatic heterocycles. The first-order chi connectivity index (χ1) is 17.0. The van der Waals surface area contributed by atoms with Crippen LogP contribution in [0.15, 0.2) is 61.2 Å². The van der Waals surface area contributed by atoms with Gasteiger partial charge in [-0.15, -0.1) is 0 Å². The summed E-state index contributed by atoms with van der Waals surface area (Å²) in [5.41, 5.74) is 14.1. The highest BCUT2D eigenvalue weighted by Gasteiger charge is 2.24. The molecule has 1 aliphatic rings. The van der Waals surface area contributed by atoms with Gasteiger partial charge in [0.15, 0.2) is 11.6 Å². The predicted octanol–water partition coefficient (Wildman–Crippen LogP) is 4.36. The van der Waals surface area contributed by atoms with Gasteiger partial charge in [0.25, 0.3) is 5.91 Å². The number of primary amides is 1. The molecule has 0 radical (unpaired) electrons. The number of halogens is 1. The molecule has 8 nitrogen and oxygen atoms in total. The van der Waals surface area contributed by atoms with E-state index in [0.29, 0.717) is 5.69 Å². The smallest absolute Gasteiger partial charge is 0.252 e. The number of nitrogens with one attached hydrogen (secondary N) is 2. The van der Waals surface area contributed by atoms with Crippen LogP contribution in [0, 0.1) is 5.82 Å². The molecule has 1 aliphatic carbocycles. The maximum absolute atomic E-state index is 14.8. The van der Waals surface area contributed by atoms with Crippen LogP contribution < -0.4 is 22.1 Å². The monoisotopic (exact) mass is 471 g/mol. The van der Waals surface area contributed by atoms with Crippen LogP contribution in [0.4, 0.5) is 21.7 Å². The van der Waals surface area contributed by atoms with E-state index in [0.717, 1.165) is 53.6 Å². The molecule has 4 aromatic rings. The van der Waals surface area contributed by atoms with Gasteiger partial charge in [-0.05, 0) is 48.1 Å². The van der Waals surface area contributed by atoms with Crippen molar-refractivity contribution in [2.45, 2.75) is 37.8 Å². The van der Waals surface area contributed by atoms with Crippen LogP contribution in [0.25, 0.3) is 21.9 Å². The lowest BCUT2D eigenvalue weighted by Gasteiger charge is -2.30. The molecule has 0 bridgehead atoms. The number of anilines is 3. The van der Waals surface area contributed by atoms with Gasteiger partial charge in [-0.1, -0.05) is 25.0 Å². The van der Waals surface area contributed by atoms with Crippen LogP contribution in [0.3, 0.4) is 0 Å². The van der Waals surface area contributed by atoms with Gasteiger partial charge >= 0.3 is 0 Å². The lowest BCUT2D eigenvalue weighted by Crippen LogP contribution is -2.43. The summed E-state index contributed by atoms with van der Waals surface area (Å²) in [6, 6.07) is 10.8. The molecular formula is C26H26FN7O. The number of nitrogens with zero attached hydrogens (tertiary/aromatic N) is 3. The number of hydrogen-bond donors (Lipinski definition) is 4. The van der Waals surface area contributed by atoms with Crippen molar-refractivity contribution < 1.29 is 9.18 Å². The fourth-order valence-electron chi connectivity index (χ4n) is 4.45. The first-order valence-corrected chi connectivity index (χ1v) is 11.6. The minimum Gasteiger partial charge on any atom is -0.365 e. The van der Waals surface area contributed by atoms with Gasteiger partial charge in [0.1, 0.15) is 5.82 Å². The molecule has 1 aromatic carbocycles. The summed E-state index contributed by atoms with van der Waals surface area (Å²) in [5, 5.41) is 8.32. The Kier molecular flexibility index (Phi) is 6.24. The number of benzene rings is 1. The van der Waals surface area contributed by atoms with E-state index in [1.54, 1.807) is 18.6 Å². The predicted molar refractivity (Wildman–Crippen MR) is 135 cm³/mol. The van der Waals surface area contributed by atoms with Crippen molar-refractivity contribution in [1.29, 1.82) is 0 Å². The van der Waals surface area contributed by atoms with Gasteiger partial charge in [0.05, 0.1) is 17.4 Å². The molecule has 1 amide bonds. The van der Waals surface area contributed by atoms with E-state index in [-0.39, 0.29) is 29.3 Å². The summed E-state index contributed by atoms with van der Waals surface area (Å²) in [5.74, 6) is -1.26. The molecule has 0 saturated heterocycles. The topological polar surface area (TPSA) is 132 Å². The van der Waals surface area contributed by atoms with Gasteiger partial charge in [0.2, 0.25) is 0 Å². The quantitative estimate of drug-likeness (QED) is 0.329. The number of carbonyl (C=O) groups excluding carboxylic acids is 1. The van der Waals surface area contributed by atoms with Crippen molar-refractivity contribution in [3.63, 3.8) is 0 Å². The first-order valence-electron chi connectivity index (χ1n) is 11.6. The third-order valence-electron chi connectivity index (χ3n) is 6.36. The normalized spacial score (nSPS) is 17.8. The first kappa shape index (κ1) is 22.7. The second-order valence-electron chi connectivity index (χ2n) is 8.80. The van der Waals surface area contributed by atoms with Crippen LogP contribution in [0.1, 0.15) is 36.0 Å². The Morgan fingerprint density at radius 3 is 2.63 bits per heavy atom. The lowest BCUT2D eigenvalue weighted by molar-refractivity contribution is 0.100. The van der Waals surface area contributed by atoms with Crippen molar-refractivity contribution in [2.24, 2.45) is 11.5 Å². The third kappa shape index (κ3) is 4.90. The number of pyridine rings is 3. The number of amides is 1. The van der Waals surface area contributed by atoms with E-state index < -0.39 is 11.7 Å². The number of fused-ring (bicyclic) bond motifs is 1. The highest BCUT2D eigenvalue weighted by Crippen LogP contribution is 2.29. The Morgan fingerprint density at radius 1 is 0.943 bits per heavy atom.